The number of piperazine rings is 1. The average molecular weight is 352 g/mol. The van der Waals surface area contributed by atoms with E-state index in [0.717, 1.165) is 31.7 Å². The van der Waals surface area contributed by atoms with Gasteiger partial charge in [0.15, 0.2) is 0 Å². The van der Waals surface area contributed by atoms with Crippen molar-refractivity contribution in [3.05, 3.63) is 59.4 Å². The molecule has 1 saturated heterocycles. The van der Waals surface area contributed by atoms with Crippen molar-refractivity contribution in [1.29, 1.82) is 0 Å². The van der Waals surface area contributed by atoms with Crippen LogP contribution in [0.2, 0.25) is 0 Å². The van der Waals surface area contributed by atoms with E-state index in [-0.39, 0.29) is 6.03 Å². The fraction of sp³-hybridized carbons (Fsp3) is 0.429. The summed E-state index contributed by atoms with van der Waals surface area (Å²) in [6.45, 7) is 10.4. The maximum Gasteiger partial charge on any atom is 0.317 e. The Morgan fingerprint density at radius 3 is 2.58 bits per heavy atom. The largest absolute Gasteiger partial charge is 0.368 e. The highest BCUT2D eigenvalue weighted by atomic mass is 16.2. The first-order valence-corrected chi connectivity index (χ1v) is 9.32. The van der Waals surface area contributed by atoms with Crippen molar-refractivity contribution in [3.63, 3.8) is 0 Å². The first-order valence-electron chi connectivity index (χ1n) is 9.32. The Bertz CT molecular complexity index is 737. The minimum atomic E-state index is 0.00219. The van der Waals surface area contributed by atoms with Crippen LogP contribution < -0.4 is 10.2 Å². The molecule has 0 spiro atoms. The average Bonchev–Trinajstić information content (AvgIpc) is 2.67. The number of nitrogens with zero attached hydrogens (tertiary/aromatic N) is 3. The topological polar surface area (TPSA) is 48.5 Å². The van der Waals surface area contributed by atoms with Crippen molar-refractivity contribution in [2.45, 2.75) is 33.2 Å². The first-order chi connectivity index (χ1) is 12.6. The number of pyridine rings is 1. The molecule has 1 aromatic carbocycles. The Morgan fingerprint density at radius 2 is 1.92 bits per heavy atom. The third-order valence-corrected chi connectivity index (χ3v) is 4.94. The van der Waals surface area contributed by atoms with E-state index in [1.807, 2.05) is 17.0 Å². The number of aromatic nitrogens is 1. The van der Waals surface area contributed by atoms with E-state index in [1.165, 1.54) is 16.8 Å². The molecule has 0 radical (unpaired) electrons. The number of amides is 2. The fourth-order valence-electron chi connectivity index (χ4n) is 3.50. The van der Waals surface area contributed by atoms with Crippen LogP contribution in [-0.4, -0.2) is 42.1 Å². The van der Waals surface area contributed by atoms with E-state index in [2.05, 4.69) is 54.2 Å². The summed E-state index contributed by atoms with van der Waals surface area (Å²) in [6.07, 6.45) is 3.52. The van der Waals surface area contributed by atoms with Gasteiger partial charge in [0.05, 0.1) is 0 Å². The molecule has 2 aromatic rings. The maximum atomic E-state index is 12.4. The molecular weight excluding hydrogens is 324 g/mol. The number of urea groups is 1. The van der Waals surface area contributed by atoms with Gasteiger partial charge in [0.1, 0.15) is 0 Å². The second kappa shape index (κ2) is 8.21. The molecule has 138 valence electrons. The molecule has 5 nitrogen and oxygen atoms in total. The molecule has 0 unspecified atom stereocenters. The molecule has 0 aliphatic carbocycles. The van der Waals surface area contributed by atoms with Gasteiger partial charge in [-0.25, -0.2) is 4.79 Å². The molecule has 0 saturated carbocycles. The molecule has 2 heterocycles. The van der Waals surface area contributed by atoms with Gasteiger partial charge in [-0.1, -0.05) is 38.1 Å². The van der Waals surface area contributed by atoms with Crippen LogP contribution in [0.5, 0.6) is 0 Å². The van der Waals surface area contributed by atoms with Gasteiger partial charge in [-0.15, -0.1) is 0 Å². The summed E-state index contributed by atoms with van der Waals surface area (Å²) < 4.78 is 0. The molecule has 1 aliphatic rings. The second-order valence-corrected chi connectivity index (χ2v) is 7.16. The number of hydrogen-bond donors (Lipinski definition) is 1. The van der Waals surface area contributed by atoms with Crippen LogP contribution >= 0.6 is 0 Å². The van der Waals surface area contributed by atoms with Crippen molar-refractivity contribution >= 4 is 11.7 Å². The van der Waals surface area contributed by atoms with E-state index in [1.54, 1.807) is 12.4 Å². The minimum Gasteiger partial charge on any atom is -0.368 e. The van der Waals surface area contributed by atoms with Crippen molar-refractivity contribution in [3.8, 4) is 0 Å². The maximum absolute atomic E-state index is 12.4. The van der Waals surface area contributed by atoms with E-state index in [9.17, 15) is 4.79 Å². The number of carbonyl (C=O) groups excluding carboxylic acids is 1. The Labute approximate surface area is 156 Å². The van der Waals surface area contributed by atoms with Crippen LogP contribution in [-0.2, 0) is 6.54 Å². The molecule has 5 heteroatoms. The standard InChI is InChI=1S/C21H28N4O/c1-16(2)19-8-4-6-17(3)20(19)24-10-12-25(13-11-24)21(26)23-15-18-7-5-9-22-14-18/h4-9,14,16H,10-13,15H2,1-3H3,(H,23,26). The van der Waals surface area contributed by atoms with E-state index >= 15 is 0 Å². The van der Waals surface area contributed by atoms with Crippen molar-refractivity contribution in [1.82, 2.24) is 15.2 Å². The Balaban J connectivity index is 1.58. The number of aryl methyl sites for hydroxylation is 1. The van der Waals surface area contributed by atoms with Crippen LogP contribution in [0.4, 0.5) is 10.5 Å². The third kappa shape index (κ3) is 4.15. The molecule has 26 heavy (non-hydrogen) atoms. The smallest absolute Gasteiger partial charge is 0.317 e. The number of nitrogens with one attached hydrogen (secondary N) is 1. The third-order valence-electron chi connectivity index (χ3n) is 4.94. The molecular formula is C21H28N4O. The highest BCUT2D eigenvalue weighted by Gasteiger charge is 2.24. The monoisotopic (exact) mass is 352 g/mol. The number of anilines is 1. The predicted octanol–water partition coefficient (Wildman–Crippen LogP) is 3.55. The van der Waals surface area contributed by atoms with Crippen LogP contribution in [0.3, 0.4) is 0 Å². The van der Waals surface area contributed by atoms with Gasteiger partial charge in [-0.3, -0.25) is 4.98 Å². The molecule has 1 aliphatic heterocycles. The Kier molecular flexibility index (Phi) is 5.76. The highest BCUT2D eigenvalue weighted by molar-refractivity contribution is 5.74. The number of carbonyl (C=O) groups is 1. The van der Waals surface area contributed by atoms with Crippen molar-refractivity contribution < 1.29 is 4.79 Å². The van der Waals surface area contributed by atoms with Gasteiger partial charge in [-0.2, -0.15) is 0 Å². The highest BCUT2D eigenvalue weighted by Crippen LogP contribution is 2.31. The van der Waals surface area contributed by atoms with Gasteiger partial charge in [-0.05, 0) is 35.6 Å². The van der Waals surface area contributed by atoms with E-state index in [4.69, 9.17) is 0 Å². The molecule has 0 bridgehead atoms. The Hall–Kier alpha value is -2.56. The van der Waals surface area contributed by atoms with E-state index in [0.29, 0.717) is 12.5 Å². The van der Waals surface area contributed by atoms with Crippen LogP contribution in [0.25, 0.3) is 0 Å². The quantitative estimate of drug-likeness (QED) is 0.915. The zero-order chi connectivity index (χ0) is 18.5. The predicted molar refractivity (Wildman–Crippen MR) is 106 cm³/mol. The molecule has 1 aromatic heterocycles. The molecule has 0 atom stereocenters. The van der Waals surface area contributed by atoms with Gasteiger partial charge < -0.3 is 15.1 Å². The van der Waals surface area contributed by atoms with Crippen LogP contribution in [0, 0.1) is 6.92 Å². The lowest BCUT2D eigenvalue weighted by Gasteiger charge is -2.38. The normalized spacial score (nSPS) is 14.6. The second-order valence-electron chi connectivity index (χ2n) is 7.16. The summed E-state index contributed by atoms with van der Waals surface area (Å²) in [6, 6.07) is 10.4. The lowest BCUT2D eigenvalue weighted by molar-refractivity contribution is 0.194. The summed E-state index contributed by atoms with van der Waals surface area (Å²) in [4.78, 5) is 20.8. The lowest BCUT2D eigenvalue weighted by Crippen LogP contribution is -2.52. The number of hydrogen-bond acceptors (Lipinski definition) is 3. The summed E-state index contributed by atoms with van der Waals surface area (Å²) in [7, 11) is 0. The SMILES string of the molecule is Cc1cccc(C(C)C)c1N1CCN(C(=O)NCc2cccnc2)CC1. The van der Waals surface area contributed by atoms with Crippen molar-refractivity contribution in [2.75, 3.05) is 31.1 Å². The summed E-state index contributed by atoms with van der Waals surface area (Å²) >= 11 is 0. The van der Waals surface area contributed by atoms with Gasteiger partial charge in [0.25, 0.3) is 0 Å². The summed E-state index contributed by atoms with van der Waals surface area (Å²) in [5, 5.41) is 2.99. The summed E-state index contributed by atoms with van der Waals surface area (Å²) in [5.74, 6) is 0.491. The summed E-state index contributed by atoms with van der Waals surface area (Å²) in [5.41, 5.74) is 5.06. The zero-order valence-electron chi connectivity index (χ0n) is 15.9. The van der Waals surface area contributed by atoms with Gasteiger partial charge in [0.2, 0.25) is 0 Å². The van der Waals surface area contributed by atoms with Gasteiger partial charge >= 0.3 is 6.03 Å². The Morgan fingerprint density at radius 1 is 1.15 bits per heavy atom. The van der Waals surface area contributed by atoms with Gasteiger partial charge in [0, 0.05) is 50.8 Å². The van der Waals surface area contributed by atoms with Crippen molar-refractivity contribution in [2.24, 2.45) is 0 Å². The van der Waals surface area contributed by atoms with Crippen LogP contribution in [0.15, 0.2) is 42.7 Å². The number of benzene rings is 1. The molecule has 3 rings (SSSR count). The fourth-order valence-corrected chi connectivity index (χ4v) is 3.50. The molecule has 1 fully saturated rings. The molecule has 1 N–H and O–H groups in total. The zero-order valence-corrected chi connectivity index (χ0v) is 15.9. The van der Waals surface area contributed by atoms with E-state index < -0.39 is 0 Å². The lowest BCUT2D eigenvalue weighted by atomic mass is 9.97. The minimum absolute atomic E-state index is 0.00219. The number of rotatable bonds is 4. The molecule has 2 amide bonds. The number of para-hydroxylation sites is 1. The van der Waals surface area contributed by atoms with Crippen LogP contribution in [0.1, 0.15) is 36.5 Å². The first kappa shape index (κ1) is 18.2.